The molecule has 0 aromatic heterocycles. The van der Waals surface area contributed by atoms with Crippen molar-refractivity contribution >= 4 is 11.8 Å². The minimum absolute atomic E-state index is 0.0329. The molecule has 4 heteroatoms. The van der Waals surface area contributed by atoms with E-state index in [1.807, 2.05) is 0 Å². The molecular formula is C13H18O4. The van der Waals surface area contributed by atoms with E-state index in [-0.39, 0.29) is 30.0 Å². The van der Waals surface area contributed by atoms with Crippen molar-refractivity contribution in [2.75, 3.05) is 6.61 Å². The van der Waals surface area contributed by atoms with Gasteiger partial charge in [0, 0.05) is 0 Å². The van der Waals surface area contributed by atoms with Gasteiger partial charge >= 0.3 is 5.97 Å². The molecule has 17 heavy (non-hydrogen) atoms. The van der Waals surface area contributed by atoms with Crippen molar-refractivity contribution in [2.24, 2.45) is 5.92 Å². The minimum atomic E-state index is -0.543. The summed E-state index contributed by atoms with van der Waals surface area (Å²) in [6.07, 6.45) is 3.82. The summed E-state index contributed by atoms with van der Waals surface area (Å²) in [4.78, 5) is 24.0. The number of fused-ring (bicyclic) bond motifs is 1. The molecule has 0 amide bonds. The predicted molar refractivity (Wildman–Crippen MR) is 61.2 cm³/mol. The van der Waals surface area contributed by atoms with Crippen LogP contribution in [0.3, 0.4) is 0 Å². The van der Waals surface area contributed by atoms with Gasteiger partial charge in [-0.2, -0.15) is 0 Å². The molecule has 1 aliphatic heterocycles. The first-order chi connectivity index (χ1) is 8.15. The van der Waals surface area contributed by atoms with Gasteiger partial charge in [0.15, 0.2) is 5.78 Å². The molecule has 0 bridgehead atoms. The molecule has 1 fully saturated rings. The van der Waals surface area contributed by atoms with E-state index in [1.165, 1.54) is 0 Å². The van der Waals surface area contributed by atoms with E-state index < -0.39 is 5.97 Å². The Bertz CT molecular complexity index is 370. The smallest absolute Gasteiger partial charge is 0.345 e. The summed E-state index contributed by atoms with van der Waals surface area (Å²) in [6.45, 7) is 3.68. The highest BCUT2D eigenvalue weighted by atomic mass is 16.5. The molecule has 1 heterocycles. The molecule has 0 N–H and O–H groups in total. The molecular weight excluding hydrogens is 220 g/mol. The van der Waals surface area contributed by atoms with Crippen LogP contribution in [-0.2, 0) is 19.1 Å². The van der Waals surface area contributed by atoms with Crippen LogP contribution in [-0.4, -0.2) is 24.5 Å². The number of ether oxygens (including phenoxy) is 2. The first-order valence-corrected chi connectivity index (χ1v) is 6.24. The third-order valence-electron chi connectivity index (χ3n) is 3.45. The highest BCUT2D eigenvalue weighted by molar-refractivity contribution is 6.19. The number of Topliss-reactive ketones (excluding diaryl/α,β-unsaturated/α-hetero) is 1. The lowest BCUT2D eigenvalue weighted by molar-refractivity contribution is -0.143. The number of hydrogen-bond donors (Lipinski definition) is 0. The van der Waals surface area contributed by atoms with Crippen LogP contribution >= 0.6 is 0 Å². The van der Waals surface area contributed by atoms with Crippen molar-refractivity contribution in [1.29, 1.82) is 0 Å². The molecule has 2 atom stereocenters. The Morgan fingerprint density at radius 2 is 2.12 bits per heavy atom. The van der Waals surface area contributed by atoms with Crippen LogP contribution in [0.1, 0.15) is 39.5 Å². The number of ketones is 1. The zero-order chi connectivity index (χ0) is 12.4. The lowest BCUT2D eigenvalue weighted by Gasteiger charge is -2.35. The fourth-order valence-corrected chi connectivity index (χ4v) is 2.63. The summed E-state index contributed by atoms with van der Waals surface area (Å²) >= 11 is 0. The summed E-state index contributed by atoms with van der Waals surface area (Å²) in [5.74, 6) is -0.348. The van der Waals surface area contributed by atoms with Crippen molar-refractivity contribution in [3.05, 3.63) is 11.3 Å². The molecule has 2 rings (SSSR count). The van der Waals surface area contributed by atoms with Gasteiger partial charge in [0.05, 0.1) is 12.5 Å². The first-order valence-electron chi connectivity index (χ1n) is 6.24. The van der Waals surface area contributed by atoms with Crippen LogP contribution in [0.4, 0.5) is 0 Å². The average molecular weight is 238 g/mol. The molecule has 0 aromatic carbocycles. The Labute approximate surface area is 101 Å². The van der Waals surface area contributed by atoms with E-state index in [0.717, 1.165) is 25.7 Å². The van der Waals surface area contributed by atoms with E-state index in [9.17, 15) is 9.59 Å². The number of carbonyl (C=O) groups excluding carboxylic acids is 2. The molecule has 0 unspecified atom stereocenters. The van der Waals surface area contributed by atoms with Gasteiger partial charge in [-0.05, 0) is 33.1 Å². The number of carbonyl (C=O) groups is 2. The maximum Gasteiger partial charge on any atom is 0.345 e. The molecule has 2 aliphatic rings. The summed E-state index contributed by atoms with van der Waals surface area (Å²) in [5.41, 5.74) is 0.120. The summed E-state index contributed by atoms with van der Waals surface area (Å²) in [6, 6.07) is 0. The fourth-order valence-electron chi connectivity index (χ4n) is 2.63. The van der Waals surface area contributed by atoms with Gasteiger partial charge in [0.1, 0.15) is 17.4 Å². The lowest BCUT2D eigenvalue weighted by atomic mass is 9.79. The van der Waals surface area contributed by atoms with Crippen molar-refractivity contribution in [1.82, 2.24) is 0 Å². The third kappa shape index (κ3) is 2.21. The van der Waals surface area contributed by atoms with Crippen molar-refractivity contribution < 1.29 is 19.1 Å². The van der Waals surface area contributed by atoms with Crippen LogP contribution in [0.2, 0.25) is 0 Å². The standard InChI is InChI=1S/C13H18O4/c1-3-16-13(15)11-8(2)17-10-7-5-4-6-9(10)12(11)14/h9-10H,3-7H2,1-2H3/t9-,10-/m0/s1. The maximum absolute atomic E-state index is 12.2. The monoisotopic (exact) mass is 238 g/mol. The Hall–Kier alpha value is -1.32. The molecule has 1 aliphatic carbocycles. The zero-order valence-electron chi connectivity index (χ0n) is 10.3. The number of esters is 1. The Morgan fingerprint density at radius 1 is 1.41 bits per heavy atom. The lowest BCUT2D eigenvalue weighted by Crippen LogP contribution is -2.40. The van der Waals surface area contributed by atoms with E-state index in [2.05, 4.69) is 0 Å². The van der Waals surface area contributed by atoms with Crippen LogP contribution in [0, 0.1) is 5.92 Å². The van der Waals surface area contributed by atoms with Crippen molar-refractivity contribution in [3.8, 4) is 0 Å². The van der Waals surface area contributed by atoms with Crippen LogP contribution < -0.4 is 0 Å². The largest absolute Gasteiger partial charge is 0.493 e. The molecule has 94 valence electrons. The molecule has 4 nitrogen and oxygen atoms in total. The molecule has 0 spiro atoms. The van der Waals surface area contributed by atoms with Crippen LogP contribution in [0.15, 0.2) is 11.3 Å². The van der Waals surface area contributed by atoms with Gasteiger partial charge in [-0.1, -0.05) is 6.42 Å². The second kappa shape index (κ2) is 4.90. The Morgan fingerprint density at radius 3 is 2.82 bits per heavy atom. The summed E-state index contributed by atoms with van der Waals surface area (Å²) < 4.78 is 10.6. The first kappa shape index (κ1) is 12.1. The number of hydrogen-bond acceptors (Lipinski definition) is 4. The van der Waals surface area contributed by atoms with E-state index in [0.29, 0.717) is 5.76 Å². The van der Waals surface area contributed by atoms with Crippen molar-refractivity contribution in [3.63, 3.8) is 0 Å². The number of rotatable bonds is 2. The van der Waals surface area contributed by atoms with E-state index in [4.69, 9.17) is 9.47 Å². The van der Waals surface area contributed by atoms with Gasteiger partial charge < -0.3 is 9.47 Å². The summed E-state index contributed by atoms with van der Waals surface area (Å²) in [7, 11) is 0. The quantitative estimate of drug-likeness (QED) is 0.545. The highest BCUT2D eigenvalue weighted by Gasteiger charge is 2.41. The van der Waals surface area contributed by atoms with Gasteiger partial charge in [0.25, 0.3) is 0 Å². The van der Waals surface area contributed by atoms with Crippen molar-refractivity contribution in [2.45, 2.75) is 45.6 Å². The predicted octanol–water partition coefficient (Wildman–Crippen LogP) is 1.98. The average Bonchev–Trinajstić information content (AvgIpc) is 2.29. The summed E-state index contributed by atoms with van der Waals surface area (Å²) in [5, 5.41) is 0. The fraction of sp³-hybridized carbons (Fsp3) is 0.692. The minimum Gasteiger partial charge on any atom is -0.493 e. The zero-order valence-corrected chi connectivity index (χ0v) is 10.3. The normalized spacial score (nSPS) is 28.5. The Kier molecular flexibility index (Phi) is 3.50. The highest BCUT2D eigenvalue weighted by Crippen LogP contribution is 2.35. The SMILES string of the molecule is CCOC(=O)C1=C(C)O[C@H]2CCCC[C@@H]2C1=O. The van der Waals surface area contributed by atoms with Crippen LogP contribution in [0.5, 0.6) is 0 Å². The maximum atomic E-state index is 12.2. The molecule has 0 aromatic rings. The third-order valence-corrected chi connectivity index (χ3v) is 3.45. The molecule has 1 saturated carbocycles. The molecule has 0 radical (unpaired) electrons. The van der Waals surface area contributed by atoms with Gasteiger partial charge in [-0.3, -0.25) is 4.79 Å². The second-order valence-corrected chi connectivity index (χ2v) is 4.56. The Balaban J connectivity index is 2.24. The second-order valence-electron chi connectivity index (χ2n) is 4.56. The molecule has 0 saturated heterocycles. The van der Waals surface area contributed by atoms with E-state index >= 15 is 0 Å². The van der Waals surface area contributed by atoms with Gasteiger partial charge in [-0.15, -0.1) is 0 Å². The van der Waals surface area contributed by atoms with Crippen LogP contribution in [0.25, 0.3) is 0 Å². The van der Waals surface area contributed by atoms with Gasteiger partial charge in [-0.25, -0.2) is 4.79 Å². The van der Waals surface area contributed by atoms with Gasteiger partial charge in [0.2, 0.25) is 0 Å². The van der Waals surface area contributed by atoms with E-state index in [1.54, 1.807) is 13.8 Å². The number of allylic oxidation sites excluding steroid dienone is 1. The topological polar surface area (TPSA) is 52.6 Å².